The monoisotopic (exact) mass is 318 g/mol. The van der Waals surface area contributed by atoms with E-state index in [2.05, 4.69) is 34.2 Å². The van der Waals surface area contributed by atoms with Gasteiger partial charge in [0.15, 0.2) is 0 Å². The fourth-order valence-electron chi connectivity index (χ4n) is 3.31. The summed E-state index contributed by atoms with van der Waals surface area (Å²) in [5.74, 6) is 0. The molecule has 5 heteroatoms. The third-order valence-corrected chi connectivity index (χ3v) is 4.63. The molecule has 3 aromatic rings. The van der Waals surface area contributed by atoms with Gasteiger partial charge in [-0.25, -0.2) is 5.10 Å². The normalized spacial score (nSPS) is 13.2. The van der Waals surface area contributed by atoms with Gasteiger partial charge >= 0.3 is 0 Å². The molecule has 0 amide bonds. The maximum absolute atomic E-state index is 12.0. The fraction of sp³-hybridized carbons (Fsp3) is 0.211. The van der Waals surface area contributed by atoms with Gasteiger partial charge in [-0.15, -0.1) is 0 Å². The van der Waals surface area contributed by atoms with Gasteiger partial charge in [0, 0.05) is 30.1 Å². The Morgan fingerprint density at radius 3 is 2.88 bits per heavy atom. The van der Waals surface area contributed by atoms with Gasteiger partial charge in [-0.05, 0) is 41.3 Å². The Morgan fingerprint density at radius 1 is 1.21 bits per heavy atom. The third-order valence-electron chi connectivity index (χ3n) is 4.63. The van der Waals surface area contributed by atoms with Crippen LogP contribution in [0.25, 0.3) is 27.5 Å². The number of aromatic nitrogens is 3. The average Bonchev–Trinajstić information content (AvgIpc) is 3.04. The third kappa shape index (κ3) is 2.25. The Kier molecular flexibility index (Phi) is 3.50. The van der Waals surface area contributed by atoms with Gasteiger partial charge in [0.2, 0.25) is 0 Å². The van der Waals surface area contributed by atoms with E-state index in [0.717, 1.165) is 35.0 Å². The Bertz CT molecular complexity index is 1030. The van der Waals surface area contributed by atoms with Gasteiger partial charge < -0.3 is 5.73 Å². The number of hydrogen-bond donors (Lipinski definition) is 2. The van der Waals surface area contributed by atoms with Crippen LogP contribution in [0, 0.1) is 0 Å². The van der Waals surface area contributed by atoms with Crippen LogP contribution in [0.2, 0.25) is 0 Å². The zero-order valence-corrected chi connectivity index (χ0v) is 13.5. The number of aromatic amines is 1. The Labute approximate surface area is 139 Å². The number of nitrogens with two attached hydrogens (primary N) is 1. The summed E-state index contributed by atoms with van der Waals surface area (Å²) < 4.78 is 0. The molecule has 0 aliphatic heterocycles. The van der Waals surface area contributed by atoms with Gasteiger partial charge in [-0.2, -0.15) is 5.10 Å². The summed E-state index contributed by atoms with van der Waals surface area (Å²) in [5, 5.41) is 7.96. The Balaban J connectivity index is 1.89. The molecule has 2 aromatic heterocycles. The minimum absolute atomic E-state index is 0.197. The number of pyridine rings is 1. The van der Waals surface area contributed by atoms with Crippen LogP contribution in [0.5, 0.6) is 0 Å². The van der Waals surface area contributed by atoms with Gasteiger partial charge in [0.1, 0.15) is 0 Å². The summed E-state index contributed by atoms with van der Waals surface area (Å²) in [6.07, 6.45) is 6.06. The lowest BCUT2D eigenvalue weighted by molar-refractivity contribution is 0.900. The molecule has 3 N–H and O–H groups in total. The molecular weight excluding hydrogens is 300 g/mol. The molecule has 24 heavy (non-hydrogen) atoms. The van der Waals surface area contributed by atoms with E-state index in [1.165, 1.54) is 11.1 Å². The van der Waals surface area contributed by atoms with Crippen molar-refractivity contribution in [3.8, 4) is 11.1 Å². The van der Waals surface area contributed by atoms with Crippen molar-refractivity contribution >= 4 is 16.3 Å². The summed E-state index contributed by atoms with van der Waals surface area (Å²) >= 11 is 0. The number of benzene rings is 1. The maximum atomic E-state index is 12.0. The molecule has 0 spiro atoms. The van der Waals surface area contributed by atoms with E-state index in [0.29, 0.717) is 11.1 Å². The predicted octanol–water partition coefficient (Wildman–Crippen LogP) is 2.79. The van der Waals surface area contributed by atoms with E-state index in [1.807, 2.05) is 24.4 Å². The quantitative estimate of drug-likeness (QED) is 0.777. The first-order valence-electron chi connectivity index (χ1n) is 8.11. The molecule has 1 aromatic carbocycles. The van der Waals surface area contributed by atoms with E-state index in [1.54, 1.807) is 0 Å². The second-order valence-corrected chi connectivity index (χ2v) is 5.97. The number of nitrogens with zero attached hydrogens (tertiary/aromatic N) is 2. The fourth-order valence-corrected chi connectivity index (χ4v) is 3.31. The van der Waals surface area contributed by atoms with Gasteiger partial charge in [0.05, 0.1) is 16.8 Å². The molecule has 0 saturated carbocycles. The van der Waals surface area contributed by atoms with Crippen LogP contribution in [-0.4, -0.2) is 15.2 Å². The minimum atomic E-state index is -0.197. The zero-order chi connectivity index (χ0) is 16.7. The Hall–Kier alpha value is -2.79. The van der Waals surface area contributed by atoms with Crippen molar-refractivity contribution in [3.63, 3.8) is 0 Å². The van der Waals surface area contributed by atoms with Gasteiger partial charge in [-0.3, -0.25) is 9.78 Å². The van der Waals surface area contributed by atoms with Crippen LogP contribution in [-0.2, 0) is 13.0 Å². The number of hydrogen-bond acceptors (Lipinski definition) is 4. The van der Waals surface area contributed by atoms with Crippen LogP contribution >= 0.6 is 0 Å². The molecule has 1 aliphatic rings. The number of rotatable bonds is 3. The molecule has 4 rings (SSSR count). The first-order valence-corrected chi connectivity index (χ1v) is 8.11. The number of fused-ring (bicyclic) bond motifs is 2. The molecular formula is C19H18N4O. The zero-order valence-electron chi connectivity index (χ0n) is 13.5. The molecule has 0 atom stereocenters. The first kappa shape index (κ1) is 14.8. The first-order chi connectivity index (χ1) is 11.7. The van der Waals surface area contributed by atoms with Gasteiger partial charge in [0.25, 0.3) is 5.56 Å². The average molecular weight is 318 g/mol. The highest BCUT2D eigenvalue weighted by molar-refractivity contribution is 5.88. The molecule has 1 aliphatic carbocycles. The topological polar surface area (TPSA) is 84.7 Å². The van der Waals surface area contributed by atoms with Crippen molar-refractivity contribution in [3.05, 3.63) is 63.8 Å². The molecule has 2 heterocycles. The van der Waals surface area contributed by atoms with E-state index in [-0.39, 0.29) is 12.1 Å². The lowest BCUT2D eigenvalue weighted by Gasteiger charge is -2.09. The summed E-state index contributed by atoms with van der Waals surface area (Å²) in [7, 11) is 0. The van der Waals surface area contributed by atoms with Gasteiger partial charge in [-0.1, -0.05) is 19.1 Å². The molecule has 0 fully saturated rings. The maximum Gasteiger partial charge on any atom is 0.272 e. The SMILES string of the molecule is CCC1=CCc2ncc(-c3ccc4c(=O)[nH]nc(CN)c4c3)cc21. The molecule has 0 bridgehead atoms. The van der Waals surface area contributed by atoms with Crippen molar-refractivity contribution in [2.45, 2.75) is 26.3 Å². The smallest absolute Gasteiger partial charge is 0.272 e. The second kappa shape index (κ2) is 5.69. The van der Waals surface area contributed by atoms with E-state index in [4.69, 9.17) is 5.73 Å². The highest BCUT2D eigenvalue weighted by Gasteiger charge is 2.15. The summed E-state index contributed by atoms with van der Waals surface area (Å²) in [6.45, 7) is 2.44. The Morgan fingerprint density at radius 2 is 2.08 bits per heavy atom. The van der Waals surface area contributed by atoms with E-state index < -0.39 is 0 Å². The molecule has 5 nitrogen and oxygen atoms in total. The van der Waals surface area contributed by atoms with Crippen LogP contribution in [0.1, 0.15) is 30.3 Å². The number of nitrogens with one attached hydrogen (secondary N) is 1. The lowest BCUT2D eigenvalue weighted by Crippen LogP contribution is -2.13. The molecule has 120 valence electrons. The molecule has 0 unspecified atom stereocenters. The van der Waals surface area contributed by atoms with Crippen LogP contribution < -0.4 is 11.3 Å². The van der Waals surface area contributed by atoms with E-state index in [9.17, 15) is 4.79 Å². The highest BCUT2D eigenvalue weighted by atomic mass is 16.1. The van der Waals surface area contributed by atoms with E-state index >= 15 is 0 Å². The standard InChI is InChI=1S/C19H18N4O/c1-2-11-4-6-17-15(11)8-13(10-21-17)12-3-5-14-16(7-12)18(9-20)22-23-19(14)24/h3-5,7-8,10H,2,6,9,20H2,1H3,(H,23,24). The van der Waals surface area contributed by atoms with Crippen molar-refractivity contribution in [1.82, 2.24) is 15.2 Å². The number of H-pyrrole nitrogens is 1. The lowest BCUT2D eigenvalue weighted by atomic mass is 9.99. The summed E-state index contributed by atoms with van der Waals surface area (Å²) in [4.78, 5) is 16.6. The highest BCUT2D eigenvalue weighted by Crippen LogP contribution is 2.32. The second-order valence-electron chi connectivity index (χ2n) is 5.97. The molecule has 0 saturated heterocycles. The largest absolute Gasteiger partial charge is 0.325 e. The molecule has 0 radical (unpaired) electrons. The number of allylic oxidation sites excluding steroid dienone is 2. The van der Waals surface area contributed by atoms with Crippen molar-refractivity contribution in [1.29, 1.82) is 0 Å². The summed E-state index contributed by atoms with van der Waals surface area (Å²) in [5.41, 5.74) is 12.0. The van der Waals surface area contributed by atoms with Crippen molar-refractivity contribution < 1.29 is 0 Å². The minimum Gasteiger partial charge on any atom is -0.325 e. The van der Waals surface area contributed by atoms with Crippen molar-refractivity contribution in [2.24, 2.45) is 5.73 Å². The predicted molar refractivity (Wildman–Crippen MR) is 95.5 cm³/mol. The van der Waals surface area contributed by atoms with Crippen LogP contribution in [0.3, 0.4) is 0 Å². The van der Waals surface area contributed by atoms with Crippen LogP contribution in [0.4, 0.5) is 0 Å². The summed E-state index contributed by atoms with van der Waals surface area (Å²) in [6, 6.07) is 7.95. The van der Waals surface area contributed by atoms with Crippen LogP contribution in [0.15, 0.2) is 41.3 Å². The van der Waals surface area contributed by atoms with Crippen molar-refractivity contribution in [2.75, 3.05) is 0 Å².